The van der Waals surface area contributed by atoms with Gasteiger partial charge in [-0.15, -0.1) is 0 Å². The monoisotopic (exact) mass is 302 g/mol. The lowest BCUT2D eigenvalue weighted by Gasteiger charge is -2.24. The molecule has 0 heterocycles. The molecule has 1 aromatic carbocycles. The maximum Gasteiger partial charge on any atom is 0.124 e. The first-order valence-electron chi connectivity index (χ1n) is 5.52. The summed E-state index contributed by atoms with van der Waals surface area (Å²) in [5, 5.41) is 13.4. The van der Waals surface area contributed by atoms with Crippen molar-refractivity contribution in [2.75, 3.05) is 20.7 Å². The van der Waals surface area contributed by atoms with Crippen molar-refractivity contribution in [2.24, 2.45) is 5.73 Å². The molecule has 0 aliphatic heterocycles. The van der Waals surface area contributed by atoms with Crippen LogP contribution in [0.4, 0.5) is 0 Å². The summed E-state index contributed by atoms with van der Waals surface area (Å²) in [5.41, 5.74) is 6.29. The molecule has 4 nitrogen and oxygen atoms in total. The summed E-state index contributed by atoms with van der Waals surface area (Å²) in [6, 6.07) is 5.50. The van der Waals surface area contributed by atoms with Crippen LogP contribution in [-0.2, 0) is 0 Å². The van der Waals surface area contributed by atoms with Gasteiger partial charge in [-0.3, -0.25) is 0 Å². The number of benzene rings is 1. The SMILES string of the molecule is CNC(CCN)C(O)c1cc(Br)ccc1OC. The molecule has 2 unspecified atom stereocenters. The Morgan fingerprint density at radius 3 is 2.76 bits per heavy atom. The molecular weight excluding hydrogens is 284 g/mol. The Bertz CT molecular complexity index is 360. The number of halogens is 1. The summed E-state index contributed by atoms with van der Waals surface area (Å²) in [7, 11) is 3.41. The molecule has 5 heteroatoms. The van der Waals surface area contributed by atoms with E-state index in [0.717, 1.165) is 10.0 Å². The van der Waals surface area contributed by atoms with Crippen LogP contribution in [0.25, 0.3) is 0 Å². The number of hydrogen-bond donors (Lipinski definition) is 3. The number of nitrogens with two attached hydrogens (primary N) is 1. The van der Waals surface area contributed by atoms with Crippen molar-refractivity contribution in [1.82, 2.24) is 5.32 Å². The van der Waals surface area contributed by atoms with Gasteiger partial charge in [0.1, 0.15) is 5.75 Å². The van der Waals surface area contributed by atoms with Crippen molar-refractivity contribution < 1.29 is 9.84 Å². The second-order valence-corrected chi connectivity index (χ2v) is 4.72. The molecule has 1 rings (SSSR count). The number of nitrogens with one attached hydrogen (secondary N) is 1. The molecule has 0 radical (unpaired) electrons. The minimum atomic E-state index is -0.643. The lowest BCUT2D eigenvalue weighted by molar-refractivity contribution is 0.125. The van der Waals surface area contributed by atoms with Crippen LogP contribution in [0.1, 0.15) is 18.1 Å². The van der Waals surface area contributed by atoms with E-state index in [1.807, 2.05) is 25.2 Å². The molecule has 0 saturated heterocycles. The fourth-order valence-corrected chi connectivity index (χ4v) is 2.17. The predicted molar refractivity (Wildman–Crippen MR) is 72.2 cm³/mol. The Morgan fingerprint density at radius 1 is 1.53 bits per heavy atom. The van der Waals surface area contributed by atoms with Crippen LogP contribution in [0.3, 0.4) is 0 Å². The number of methoxy groups -OCH3 is 1. The van der Waals surface area contributed by atoms with Crippen molar-refractivity contribution >= 4 is 15.9 Å². The fraction of sp³-hybridized carbons (Fsp3) is 0.500. The van der Waals surface area contributed by atoms with E-state index in [-0.39, 0.29) is 6.04 Å². The number of rotatable bonds is 6. The van der Waals surface area contributed by atoms with Crippen molar-refractivity contribution in [2.45, 2.75) is 18.6 Å². The Balaban J connectivity index is 2.99. The summed E-state index contributed by atoms with van der Waals surface area (Å²) in [5.74, 6) is 0.679. The molecule has 0 spiro atoms. The number of aliphatic hydroxyl groups excluding tert-OH is 1. The van der Waals surface area contributed by atoms with Gasteiger partial charge in [-0.1, -0.05) is 15.9 Å². The molecular formula is C12H19BrN2O2. The molecule has 4 N–H and O–H groups in total. The molecule has 2 atom stereocenters. The van der Waals surface area contributed by atoms with E-state index in [1.54, 1.807) is 7.11 Å². The summed E-state index contributed by atoms with van der Waals surface area (Å²) in [4.78, 5) is 0. The summed E-state index contributed by atoms with van der Waals surface area (Å²) in [6.07, 6.45) is 0.0591. The maximum absolute atomic E-state index is 10.3. The Morgan fingerprint density at radius 2 is 2.24 bits per heavy atom. The average molecular weight is 303 g/mol. The zero-order valence-electron chi connectivity index (χ0n) is 10.1. The molecule has 0 amide bonds. The number of aliphatic hydroxyl groups is 1. The Kier molecular flexibility index (Phi) is 5.91. The Labute approximate surface area is 110 Å². The van der Waals surface area contributed by atoms with E-state index in [9.17, 15) is 5.11 Å². The predicted octanol–water partition coefficient (Wildman–Crippen LogP) is 1.43. The van der Waals surface area contributed by atoms with Crippen molar-refractivity contribution in [3.63, 3.8) is 0 Å². The third-order valence-electron chi connectivity index (χ3n) is 2.74. The van der Waals surface area contributed by atoms with E-state index in [1.165, 1.54) is 0 Å². The van der Waals surface area contributed by atoms with E-state index in [2.05, 4.69) is 21.2 Å². The highest BCUT2D eigenvalue weighted by atomic mass is 79.9. The molecule has 0 fully saturated rings. The molecule has 0 aromatic heterocycles. The van der Waals surface area contributed by atoms with Crippen LogP contribution in [0.5, 0.6) is 5.75 Å². The first-order valence-corrected chi connectivity index (χ1v) is 6.32. The van der Waals surface area contributed by atoms with E-state index in [0.29, 0.717) is 18.7 Å². The minimum Gasteiger partial charge on any atom is -0.496 e. The first-order chi connectivity index (χ1) is 8.13. The molecule has 0 saturated carbocycles. The van der Waals surface area contributed by atoms with E-state index < -0.39 is 6.10 Å². The van der Waals surface area contributed by atoms with Gasteiger partial charge in [0.2, 0.25) is 0 Å². The highest BCUT2D eigenvalue weighted by Gasteiger charge is 2.22. The van der Waals surface area contributed by atoms with Gasteiger partial charge in [0.05, 0.1) is 13.2 Å². The molecule has 17 heavy (non-hydrogen) atoms. The fourth-order valence-electron chi connectivity index (χ4n) is 1.79. The summed E-state index contributed by atoms with van der Waals surface area (Å²) >= 11 is 3.39. The van der Waals surface area contributed by atoms with Crippen molar-refractivity contribution in [1.29, 1.82) is 0 Å². The van der Waals surface area contributed by atoms with Gasteiger partial charge in [-0.25, -0.2) is 0 Å². The second-order valence-electron chi connectivity index (χ2n) is 3.80. The largest absolute Gasteiger partial charge is 0.496 e. The van der Waals surface area contributed by atoms with Crippen molar-refractivity contribution in [3.8, 4) is 5.75 Å². The summed E-state index contributed by atoms with van der Waals surface area (Å²) in [6.45, 7) is 0.527. The first kappa shape index (κ1) is 14.4. The molecule has 0 bridgehead atoms. The third kappa shape index (κ3) is 3.67. The topological polar surface area (TPSA) is 67.5 Å². The van der Waals surface area contributed by atoms with Gasteiger partial charge in [0, 0.05) is 16.1 Å². The van der Waals surface area contributed by atoms with Crippen LogP contribution in [0, 0.1) is 0 Å². The number of likely N-dealkylation sites (N-methyl/N-ethyl adjacent to an activating group) is 1. The van der Waals surface area contributed by atoms with Crippen LogP contribution in [0.2, 0.25) is 0 Å². The maximum atomic E-state index is 10.3. The van der Waals surface area contributed by atoms with Crippen LogP contribution in [0.15, 0.2) is 22.7 Å². The average Bonchev–Trinajstić information content (AvgIpc) is 2.35. The van der Waals surface area contributed by atoms with Crippen molar-refractivity contribution in [3.05, 3.63) is 28.2 Å². The number of ether oxygens (including phenoxy) is 1. The normalized spacial score (nSPS) is 14.4. The zero-order chi connectivity index (χ0) is 12.8. The Hall–Kier alpha value is -0.620. The smallest absolute Gasteiger partial charge is 0.124 e. The van der Waals surface area contributed by atoms with Gasteiger partial charge in [0.25, 0.3) is 0 Å². The lowest BCUT2D eigenvalue weighted by Crippen LogP contribution is -2.34. The zero-order valence-corrected chi connectivity index (χ0v) is 11.7. The van der Waals surface area contributed by atoms with Gasteiger partial charge in [-0.2, -0.15) is 0 Å². The van der Waals surface area contributed by atoms with Gasteiger partial charge in [0.15, 0.2) is 0 Å². The van der Waals surface area contributed by atoms with Crippen LogP contribution >= 0.6 is 15.9 Å². The van der Waals surface area contributed by atoms with Gasteiger partial charge < -0.3 is 20.9 Å². The molecule has 0 aliphatic carbocycles. The van der Waals surface area contributed by atoms with E-state index in [4.69, 9.17) is 10.5 Å². The highest BCUT2D eigenvalue weighted by Crippen LogP contribution is 2.30. The van der Waals surface area contributed by atoms with Gasteiger partial charge in [-0.05, 0) is 38.2 Å². The van der Waals surface area contributed by atoms with Crippen LogP contribution in [-0.4, -0.2) is 31.9 Å². The van der Waals surface area contributed by atoms with E-state index >= 15 is 0 Å². The molecule has 0 aliphatic rings. The minimum absolute atomic E-state index is 0.0804. The molecule has 1 aromatic rings. The number of hydrogen-bond acceptors (Lipinski definition) is 4. The van der Waals surface area contributed by atoms with Crippen LogP contribution < -0.4 is 15.8 Å². The summed E-state index contributed by atoms with van der Waals surface area (Å²) < 4.78 is 6.17. The lowest BCUT2D eigenvalue weighted by atomic mass is 9.99. The van der Waals surface area contributed by atoms with Gasteiger partial charge >= 0.3 is 0 Å². The second kappa shape index (κ2) is 6.96. The quantitative estimate of drug-likeness (QED) is 0.744. The standard InChI is InChI=1S/C12H19BrN2O2/c1-15-10(5-6-14)12(16)9-7-8(13)3-4-11(9)17-2/h3-4,7,10,12,15-16H,5-6,14H2,1-2H3. The molecule has 96 valence electrons. The third-order valence-corrected chi connectivity index (χ3v) is 3.23. The highest BCUT2D eigenvalue weighted by molar-refractivity contribution is 9.10.